The molecule has 0 amide bonds. The van der Waals surface area contributed by atoms with Crippen molar-refractivity contribution in [3.05, 3.63) is 29.3 Å². The summed E-state index contributed by atoms with van der Waals surface area (Å²) >= 11 is 1.86. The fourth-order valence-electron chi connectivity index (χ4n) is 2.44. The zero-order valence-electron chi connectivity index (χ0n) is 12.0. The molecule has 2 rings (SSSR count). The number of benzene rings is 1. The zero-order chi connectivity index (χ0) is 13.3. The molecule has 0 bridgehead atoms. The highest BCUT2D eigenvalue weighted by Gasteiger charge is 2.02. The average Bonchev–Trinajstić information content (AvgIpc) is 2.84. The Labute approximate surface area is 121 Å². The summed E-state index contributed by atoms with van der Waals surface area (Å²) < 4.78 is 1.33. The van der Waals surface area contributed by atoms with Crippen LogP contribution in [0.4, 0.5) is 0 Å². The lowest BCUT2D eigenvalue weighted by Gasteiger charge is -2.00. The van der Waals surface area contributed by atoms with E-state index in [1.54, 1.807) is 0 Å². The summed E-state index contributed by atoms with van der Waals surface area (Å²) in [6.45, 7) is 2.28. The number of hydrogen-bond donors (Lipinski definition) is 0. The molecular formula is C17H25NS. The molecule has 0 aliphatic heterocycles. The Balaban J connectivity index is 1.60. The summed E-state index contributed by atoms with van der Waals surface area (Å²) in [6, 6.07) is 8.45. The molecule has 0 atom stereocenters. The SMILES string of the molecule is CCCCCCCCCCc1nc2ccccc2s1. The van der Waals surface area contributed by atoms with Crippen molar-refractivity contribution in [3.63, 3.8) is 0 Å². The average molecular weight is 275 g/mol. The molecule has 0 fully saturated rings. The van der Waals surface area contributed by atoms with Gasteiger partial charge in [0.2, 0.25) is 0 Å². The largest absolute Gasteiger partial charge is 0.241 e. The van der Waals surface area contributed by atoms with Crippen molar-refractivity contribution >= 4 is 21.6 Å². The Bertz CT molecular complexity index is 442. The van der Waals surface area contributed by atoms with Gasteiger partial charge in [-0.25, -0.2) is 4.98 Å². The number of unbranched alkanes of at least 4 members (excludes halogenated alkanes) is 7. The van der Waals surface area contributed by atoms with Gasteiger partial charge >= 0.3 is 0 Å². The van der Waals surface area contributed by atoms with Crippen LogP contribution in [0.2, 0.25) is 0 Å². The molecule has 0 saturated heterocycles. The Kier molecular flexibility index (Phi) is 6.35. The molecule has 0 N–H and O–H groups in total. The van der Waals surface area contributed by atoms with Crippen molar-refractivity contribution in [2.24, 2.45) is 0 Å². The number of aromatic nitrogens is 1. The normalized spacial score (nSPS) is 11.2. The van der Waals surface area contributed by atoms with Crippen LogP contribution >= 0.6 is 11.3 Å². The number of nitrogens with zero attached hydrogens (tertiary/aromatic N) is 1. The van der Waals surface area contributed by atoms with Crippen LogP contribution in [-0.4, -0.2) is 4.98 Å². The Hall–Kier alpha value is -0.890. The predicted molar refractivity (Wildman–Crippen MR) is 85.9 cm³/mol. The molecule has 1 nitrogen and oxygen atoms in total. The van der Waals surface area contributed by atoms with Crippen molar-refractivity contribution in [1.29, 1.82) is 0 Å². The van der Waals surface area contributed by atoms with Crippen molar-refractivity contribution < 1.29 is 0 Å². The van der Waals surface area contributed by atoms with Crippen molar-refractivity contribution in [1.82, 2.24) is 4.98 Å². The highest BCUT2D eigenvalue weighted by molar-refractivity contribution is 7.18. The van der Waals surface area contributed by atoms with Crippen molar-refractivity contribution in [2.75, 3.05) is 0 Å². The van der Waals surface area contributed by atoms with Crippen LogP contribution in [0.3, 0.4) is 0 Å². The van der Waals surface area contributed by atoms with Gasteiger partial charge in [0.15, 0.2) is 0 Å². The molecular weight excluding hydrogens is 250 g/mol. The van der Waals surface area contributed by atoms with Crippen LogP contribution in [0.25, 0.3) is 10.2 Å². The third kappa shape index (κ3) is 4.94. The van der Waals surface area contributed by atoms with Crippen molar-refractivity contribution in [2.45, 2.75) is 64.7 Å². The molecule has 2 aromatic rings. The molecule has 1 aromatic carbocycles. The van der Waals surface area contributed by atoms with Crippen molar-refractivity contribution in [3.8, 4) is 0 Å². The standard InChI is InChI=1S/C17H25NS/c1-2-3-4-5-6-7-8-9-14-17-18-15-12-10-11-13-16(15)19-17/h10-13H,2-9,14H2,1H3. The molecule has 0 aliphatic carbocycles. The van der Waals surface area contributed by atoms with Crippen LogP contribution in [0.1, 0.15) is 63.3 Å². The first-order valence-corrected chi connectivity index (χ1v) is 8.56. The minimum Gasteiger partial charge on any atom is -0.241 e. The van der Waals surface area contributed by atoms with E-state index >= 15 is 0 Å². The van der Waals surface area contributed by atoms with Gasteiger partial charge in [0.1, 0.15) is 0 Å². The Morgan fingerprint density at radius 3 is 2.32 bits per heavy atom. The van der Waals surface area contributed by atoms with Gasteiger partial charge in [-0.05, 0) is 25.0 Å². The lowest BCUT2D eigenvalue weighted by Crippen LogP contribution is -1.85. The molecule has 1 heterocycles. The summed E-state index contributed by atoms with van der Waals surface area (Å²) in [7, 11) is 0. The van der Waals surface area contributed by atoms with E-state index in [1.165, 1.54) is 66.6 Å². The molecule has 0 saturated carbocycles. The van der Waals surface area contributed by atoms with Gasteiger partial charge in [0.05, 0.1) is 15.2 Å². The van der Waals surface area contributed by atoms with E-state index in [0.29, 0.717) is 0 Å². The molecule has 1 aromatic heterocycles. The number of para-hydroxylation sites is 1. The Morgan fingerprint density at radius 1 is 0.895 bits per heavy atom. The summed E-state index contributed by atoms with van der Waals surface area (Å²) in [5, 5.41) is 1.31. The second-order valence-electron chi connectivity index (χ2n) is 5.30. The summed E-state index contributed by atoms with van der Waals surface area (Å²) in [5.74, 6) is 0. The van der Waals surface area contributed by atoms with E-state index in [4.69, 9.17) is 0 Å². The van der Waals surface area contributed by atoms with E-state index in [1.807, 2.05) is 11.3 Å². The minimum atomic E-state index is 1.16. The first-order valence-electron chi connectivity index (χ1n) is 7.74. The van der Waals surface area contributed by atoms with Crippen LogP contribution in [-0.2, 0) is 6.42 Å². The van der Waals surface area contributed by atoms with E-state index in [-0.39, 0.29) is 0 Å². The van der Waals surface area contributed by atoms with Crippen LogP contribution in [0.5, 0.6) is 0 Å². The van der Waals surface area contributed by atoms with Gasteiger partial charge in [-0.15, -0.1) is 11.3 Å². The maximum Gasteiger partial charge on any atom is 0.0938 e. The smallest absolute Gasteiger partial charge is 0.0938 e. The second kappa shape index (κ2) is 8.31. The highest BCUT2D eigenvalue weighted by Crippen LogP contribution is 2.23. The summed E-state index contributed by atoms with van der Waals surface area (Å²) in [5.41, 5.74) is 1.17. The predicted octanol–water partition coefficient (Wildman–Crippen LogP) is 5.98. The third-order valence-corrected chi connectivity index (χ3v) is 4.68. The maximum atomic E-state index is 4.69. The second-order valence-corrected chi connectivity index (χ2v) is 6.42. The van der Waals surface area contributed by atoms with Crippen LogP contribution in [0, 0.1) is 0 Å². The van der Waals surface area contributed by atoms with Crippen LogP contribution < -0.4 is 0 Å². The number of rotatable bonds is 9. The molecule has 0 spiro atoms. The van der Waals surface area contributed by atoms with Gasteiger partial charge < -0.3 is 0 Å². The van der Waals surface area contributed by atoms with E-state index in [9.17, 15) is 0 Å². The van der Waals surface area contributed by atoms with E-state index < -0.39 is 0 Å². The number of aryl methyl sites for hydroxylation is 1. The van der Waals surface area contributed by atoms with Gasteiger partial charge in [-0.1, -0.05) is 64.0 Å². The fraction of sp³-hybridized carbons (Fsp3) is 0.588. The molecule has 0 radical (unpaired) electrons. The topological polar surface area (TPSA) is 12.9 Å². The molecule has 0 unspecified atom stereocenters. The first kappa shape index (κ1) is 14.5. The quantitative estimate of drug-likeness (QED) is 0.513. The zero-order valence-corrected chi connectivity index (χ0v) is 12.8. The van der Waals surface area contributed by atoms with E-state index in [2.05, 4.69) is 36.2 Å². The Morgan fingerprint density at radius 2 is 1.58 bits per heavy atom. The van der Waals surface area contributed by atoms with Crippen LogP contribution in [0.15, 0.2) is 24.3 Å². The van der Waals surface area contributed by atoms with Gasteiger partial charge in [-0.3, -0.25) is 0 Å². The molecule has 2 heteroatoms. The number of thiazole rings is 1. The lowest BCUT2D eigenvalue weighted by molar-refractivity contribution is 0.575. The monoisotopic (exact) mass is 275 g/mol. The molecule has 19 heavy (non-hydrogen) atoms. The summed E-state index contributed by atoms with van der Waals surface area (Å²) in [6.07, 6.45) is 12.2. The maximum absolute atomic E-state index is 4.69. The van der Waals surface area contributed by atoms with Gasteiger partial charge in [0, 0.05) is 0 Å². The highest BCUT2D eigenvalue weighted by atomic mass is 32.1. The van der Waals surface area contributed by atoms with Gasteiger partial charge in [0.25, 0.3) is 0 Å². The molecule has 104 valence electrons. The number of fused-ring (bicyclic) bond motifs is 1. The number of hydrogen-bond acceptors (Lipinski definition) is 2. The lowest BCUT2D eigenvalue weighted by atomic mass is 10.1. The first-order chi connectivity index (χ1) is 9.40. The van der Waals surface area contributed by atoms with E-state index in [0.717, 1.165) is 6.42 Å². The van der Waals surface area contributed by atoms with Gasteiger partial charge in [-0.2, -0.15) is 0 Å². The fourth-order valence-corrected chi connectivity index (χ4v) is 3.45. The minimum absolute atomic E-state index is 1.16. The summed E-state index contributed by atoms with van der Waals surface area (Å²) in [4.78, 5) is 4.69. The molecule has 0 aliphatic rings. The third-order valence-electron chi connectivity index (χ3n) is 3.58.